The number of fused-ring (bicyclic) bond motifs is 1. The van der Waals surface area contributed by atoms with Gasteiger partial charge in [-0.05, 0) is 55.1 Å². The molecule has 1 aromatic heterocycles. The summed E-state index contributed by atoms with van der Waals surface area (Å²) in [6.07, 6.45) is 2.65. The van der Waals surface area contributed by atoms with E-state index >= 15 is 0 Å². The second-order valence-electron chi connectivity index (χ2n) is 6.27. The Balaban J connectivity index is 2.24. The summed E-state index contributed by atoms with van der Waals surface area (Å²) in [5.74, 6) is -0.360. The number of benzene rings is 1. The van der Waals surface area contributed by atoms with Gasteiger partial charge in [0.15, 0.2) is 0 Å². The Morgan fingerprint density at radius 2 is 2.17 bits per heavy atom. The highest BCUT2D eigenvalue weighted by Crippen LogP contribution is 2.46. The molecule has 0 amide bonds. The smallest absolute Gasteiger partial charge is 0.321 e. The molecule has 23 heavy (non-hydrogen) atoms. The van der Waals surface area contributed by atoms with Gasteiger partial charge >= 0.3 is 5.97 Å². The molecule has 1 aliphatic carbocycles. The van der Waals surface area contributed by atoms with E-state index in [1.165, 1.54) is 5.56 Å². The van der Waals surface area contributed by atoms with Crippen LogP contribution in [0.1, 0.15) is 35.6 Å². The molecular formula is C17H21N3O3. The minimum Gasteiger partial charge on any atom is -0.480 e. The van der Waals surface area contributed by atoms with Gasteiger partial charge in [0.05, 0.1) is 5.52 Å². The van der Waals surface area contributed by atoms with Gasteiger partial charge in [-0.3, -0.25) is 4.79 Å². The second kappa shape index (κ2) is 5.77. The van der Waals surface area contributed by atoms with Gasteiger partial charge in [-0.2, -0.15) is 0 Å². The van der Waals surface area contributed by atoms with Crippen LogP contribution in [0.2, 0.25) is 0 Å². The zero-order valence-corrected chi connectivity index (χ0v) is 13.6. The molecule has 0 aliphatic heterocycles. The van der Waals surface area contributed by atoms with E-state index in [0.29, 0.717) is 18.0 Å². The van der Waals surface area contributed by atoms with Crippen LogP contribution in [0.25, 0.3) is 10.9 Å². The number of aliphatic carboxylic acids is 1. The fourth-order valence-electron chi connectivity index (χ4n) is 3.37. The molecule has 1 atom stereocenters. The van der Waals surface area contributed by atoms with E-state index in [-0.39, 0.29) is 0 Å². The van der Waals surface area contributed by atoms with Crippen LogP contribution in [-0.2, 0) is 18.3 Å². The van der Waals surface area contributed by atoms with Crippen LogP contribution in [0.15, 0.2) is 17.3 Å². The average Bonchev–Trinajstić information content (AvgIpc) is 3.34. The quantitative estimate of drug-likeness (QED) is 0.803. The van der Waals surface area contributed by atoms with E-state index in [2.05, 4.69) is 15.1 Å². The SMILES string of the molecule is CNC(Cc1c(C)n(C)c2c(C3CC3)ccc(N=O)c12)C(=O)O. The van der Waals surface area contributed by atoms with Gasteiger partial charge in [-0.1, -0.05) is 6.07 Å². The number of nitroso groups, excluding NO2 is 1. The third-order valence-electron chi connectivity index (χ3n) is 4.93. The van der Waals surface area contributed by atoms with Crippen LogP contribution in [0, 0.1) is 11.8 Å². The zero-order valence-electron chi connectivity index (χ0n) is 13.6. The van der Waals surface area contributed by atoms with Gasteiger partial charge in [0.1, 0.15) is 11.7 Å². The first-order valence-corrected chi connectivity index (χ1v) is 7.83. The van der Waals surface area contributed by atoms with E-state index in [0.717, 1.165) is 35.0 Å². The number of nitrogens with one attached hydrogen (secondary N) is 1. The van der Waals surface area contributed by atoms with Crippen molar-refractivity contribution in [2.24, 2.45) is 12.2 Å². The lowest BCUT2D eigenvalue weighted by Gasteiger charge is -2.12. The molecule has 6 nitrogen and oxygen atoms in total. The first-order valence-electron chi connectivity index (χ1n) is 7.83. The molecule has 2 aromatic rings. The van der Waals surface area contributed by atoms with E-state index in [9.17, 15) is 14.8 Å². The molecule has 1 heterocycles. The van der Waals surface area contributed by atoms with Crippen molar-refractivity contribution in [2.45, 2.75) is 38.1 Å². The van der Waals surface area contributed by atoms with Crippen LogP contribution < -0.4 is 5.32 Å². The number of aryl methyl sites for hydroxylation is 1. The maximum atomic E-state index is 11.4. The molecule has 6 heteroatoms. The number of carboxylic acid groups (broad SMARTS) is 1. The van der Waals surface area contributed by atoms with Gasteiger partial charge in [-0.25, -0.2) is 0 Å². The van der Waals surface area contributed by atoms with Gasteiger partial charge in [0.2, 0.25) is 0 Å². The molecule has 1 saturated carbocycles. The monoisotopic (exact) mass is 315 g/mol. The number of rotatable bonds is 6. The third kappa shape index (κ3) is 2.53. The lowest BCUT2D eigenvalue weighted by Crippen LogP contribution is -2.35. The molecule has 1 unspecified atom stereocenters. The van der Waals surface area contributed by atoms with Crippen molar-refractivity contribution in [1.29, 1.82) is 0 Å². The molecule has 0 spiro atoms. The predicted octanol–water partition coefficient (Wildman–Crippen LogP) is 2.98. The number of hydrogen-bond donors (Lipinski definition) is 2. The normalized spacial score (nSPS) is 15.8. The molecule has 3 rings (SSSR count). The summed E-state index contributed by atoms with van der Waals surface area (Å²) < 4.78 is 2.07. The summed E-state index contributed by atoms with van der Waals surface area (Å²) in [5, 5.41) is 16.1. The summed E-state index contributed by atoms with van der Waals surface area (Å²) in [4.78, 5) is 22.7. The Hall–Kier alpha value is -2.21. The molecule has 0 saturated heterocycles. The summed E-state index contributed by atoms with van der Waals surface area (Å²) in [5.41, 5.74) is 4.53. The predicted molar refractivity (Wildman–Crippen MR) is 89.3 cm³/mol. The zero-order chi connectivity index (χ0) is 16.7. The van der Waals surface area contributed by atoms with Crippen molar-refractivity contribution in [3.05, 3.63) is 33.9 Å². The molecule has 0 bridgehead atoms. The summed E-state index contributed by atoms with van der Waals surface area (Å²) in [6.45, 7) is 1.97. The number of carbonyl (C=O) groups is 1. The lowest BCUT2D eigenvalue weighted by molar-refractivity contribution is -0.139. The van der Waals surface area contributed by atoms with Crippen LogP contribution in [0.3, 0.4) is 0 Å². The highest BCUT2D eigenvalue weighted by molar-refractivity contribution is 5.98. The van der Waals surface area contributed by atoms with Crippen molar-refractivity contribution in [2.75, 3.05) is 7.05 Å². The minimum absolute atomic E-state index is 0.325. The fraction of sp³-hybridized carbons (Fsp3) is 0.471. The van der Waals surface area contributed by atoms with Crippen LogP contribution >= 0.6 is 0 Å². The first kappa shape index (κ1) is 15.7. The van der Waals surface area contributed by atoms with Crippen molar-refractivity contribution < 1.29 is 9.90 Å². The van der Waals surface area contributed by atoms with Gasteiger partial charge in [-0.15, -0.1) is 4.91 Å². The lowest BCUT2D eigenvalue weighted by atomic mass is 9.98. The number of aromatic nitrogens is 1. The Morgan fingerprint density at radius 3 is 2.70 bits per heavy atom. The van der Waals surface area contributed by atoms with Gasteiger partial charge in [0.25, 0.3) is 0 Å². The van der Waals surface area contributed by atoms with Crippen molar-refractivity contribution in [1.82, 2.24) is 9.88 Å². The number of likely N-dealkylation sites (N-methyl/N-ethyl adjacent to an activating group) is 1. The van der Waals surface area contributed by atoms with Crippen molar-refractivity contribution in [3.8, 4) is 0 Å². The second-order valence-corrected chi connectivity index (χ2v) is 6.27. The number of nitrogens with zero attached hydrogens (tertiary/aromatic N) is 2. The van der Waals surface area contributed by atoms with Crippen LogP contribution in [0.5, 0.6) is 0 Å². The maximum Gasteiger partial charge on any atom is 0.321 e. The summed E-state index contributed by atoms with van der Waals surface area (Å²) in [6, 6.07) is 3.07. The number of carboxylic acids is 1. The number of hydrogen-bond acceptors (Lipinski definition) is 4. The van der Waals surface area contributed by atoms with E-state index in [1.54, 1.807) is 13.1 Å². The van der Waals surface area contributed by atoms with Crippen LogP contribution in [-0.4, -0.2) is 28.7 Å². The molecular weight excluding hydrogens is 294 g/mol. The summed E-state index contributed by atoms with van der Waals surface area (Å²) >= 11 is 0. The molecule has 1 aliphatic rings. The fourth-order valence-corrected chi connectivity index (χ4v) is 3.37. The Labute approximate surface area is 134 Å². The Morgan fingerprint density at radius 1 is 1.48 bits per heavy atom. The minimum atomic E-state index is -0.900. The molecule has 2 N–H and O–H groups in total. The molecule has 0 radical (unpaired) electrons. The molecule has 122 valence electrons. The van der Waals surface area contributed by atoms with Gasteiger partial charge in [0, 0.05) is 24.5 Å². The van der Waals surface area contributed by atoms with Crippen molar-refractivity contribution in [3.63, 3.8) is 0 Å². The van der Waals surface area contributed by atoms with E-state index < -0.39 is 12.0 Å². The third-order valence-corrected chi connectivity index (χ3v) is 4.93. The topological polar surface area (TPSA) is 83.7 Å². The van der Waals surface area contributed by atoms with E-state index in [4.69, 9.17) is 0 Å². The first-order chi connectivity index (χ1) is 11.0. The summed E-state index contributed by atoms with van der Waals surface area (Å²) in [7, 11) is 3.60. The highest BCUT2D eigenvalue weighted by atomic mass is 16.4. The largest absolute Gasteiger partial charge is 0.480 e. The maximum absolute atomic E-state index is 11.4. The van der Waals surface area contributed by atoms with Crippen molar-refractivity contribution >= 4 is 22.6 Å². The molecule has 1 aromatic carbocycles. The van der Waals surface area contributed by atoms with Crippen LogP contribution in [0.4, 0.5) is 5.69 Å². The Bertz CT molecular complexity index is 790. The standard InChI is InChI=1S/C17H21N3O3/c1-9-12(8-14(18-2)17(21)22)15-13(19-23)7-6-11(10-4-5-10)16(15)20(9)3/h6-7,10,14,18H,4-5,8H2,1-3H3,(H,21,22). The van der Waals surface area contributed by atoms with E-state index in [1.807, 2.05) is 20.0 Å². The average molecular weight is 315 g/mol. The highest BCUT2D eigenvalue weighted by Gasteiger charge is 2.30. The Kier molecular flexibility index (Phi) is 3.93. The van der Waals surface area contributed by atoms with Gasteiger partial charge < -0.3 is 15.0 Å². The molecule has 1 fully saturated rings.